The van der Waals surface area contributed by atoms with Crippen LogP contribution in [0, 0.1) is 12.8 Å². The zero-order chi connectivity index (χ0) is 29.9. The summed E-state index contributed by atoms with van der Waals surface area (Å²) in [5.74, 6) is -1.46. The molecule has 0 saturated carbocycles. The molecule has 0 saturated heterocycles. The van der Waals surface area contributed by atoms with Crippen molar-refractivity contribution in [1.29, 1.82) is 0 Å². The van der Waals surface area contributed by atoms with Crippen LogP contribution in [-0.2, 0) is 37.1 Å². The van der Waals surface area contributed by atoms with Crippen molar-refractivity contribution in [3.8, 4) is 0 Å². The number of carbonyl (C=O) groups is 3. The van der Waals surface area contributed by atoms with Gasteiger partial charge in [0.2, 0.25) is 11.8 Å². The van der Waals surface area contributed by atoms with Crippen LogP contribution in [-0.4, -0.2) is 69.2 Å². The molecule has 1 heterocycles. The zero-order valence-electron chi connectivity index (χ0n) is 23.5. The summed E-state index contributed by atoms with van der Waals surface area (Å²) in [6.07, 6.45) is 4.55. The number of nitrogens with two attached hydrogens (primary N) is 1. The lowest BCUT2D eigenvalue weighted by atomic mass is 10.0. The number of methoxy groups -OCH3 is 1. The summed E-state index contributed by atoms with van der Waals surface area (Å²) in [4.78, 5) is 43.7. The Morgan fingerprint density at radius 3 is 2.20 bits per heavy atom. The summed E-state index contributed by atoms with van der Waals surface area (Å²) in [7, 11) is -2.06. The normalized spacial score (nSPS) is 14.1. The third kappa shape index (κ3) is 11.5. The van der Waals surface area contributed by atoms with Crippen molar-refractivity contribution in [3.63, 3.8) is 0 Å². The number of carbonyl (C=O) groups excluding carboxylic acids is 3. The predicted molar refractivity (Wildman–Crippen MR) is 155 cm³/mol. The van der Waals surface area contributed by atoms with Gasteiger partial charge in [0, 0.05) is 25.3 Å². The molecule has 0 aliphatic heterocycles. The van der Waals surface area contributed by atoms with E-state index >= 15 is 0 Å². The maximum atomic E-state index is 13.3. The van der Waals surface area contributed by atoms with Crippen LogP contribution in [0.2, 0.25) is 0 Å². The number of amides is 3. The molecule has 0 unspecified atom stereocenters. The summed E-state index contributed by atoms with van der Waals surface area (Å²) in [6, 6.07) is 4.75. The number of thiazole rings is 1. The van der Waals surface area contributed by atoms with Gasteiger partial charge in [0.25, 0.3) is 5.91 Å². The van der Waals surface area contributed by atoms with Crippen LogP contribution >= 0.6 is 11.3 Å². The monoisotopic (exact) mass is 593 g/mol. The summed E-state index contributed by atoms with van der Waals surface area (Å²) in [6.45, 7) is 5.86. The van der Waals surface area contributed by atoms with Crippen molar-refractivity contribution in [2.45, 2.75) is 58.3 Å². The van der Waals surface area contributed by atoms with E-state index in [0.717, 1.165) is 27.8 Å². The molecular formula is C27H39N5O6S2. The third-order valence-corrected chi connectivity index (χ3v) is 7.30. The van der Waals surface area contributed by atoms with E-state index in [1.54, 1.807) is 6.92 Å². The molecule has 13 heteroatoms. The standard InChI is InChI=1S/C27H39N5O6S2/c1-17(2)12-22(31-27(35)24-15-29-18(3)39-24)25(33)32-23(16-38-4)26(34)30-21(10-11-40(5,36)37)13-19-6-8-20(14-28)9-7-19/h6-11,15,17,21-23H,12-14,16,28H2,1-5H3,(H,30,34)(H,31,35)(H,32,33)/t21-,22+,23+/m1/s1. The first kappa shape index (κ1) is 33.1. The Morgan fingerprint density at radius 2 is 1.68 bits per heavy atom. The van der Waals surface area contributed by atoms with E-state index < -0.39 is 45.7 Å². The topological polar surface area (TPSA) is 170 Å². The molecule has 2 rings (SSSR count). The maximum absolute atomic E-state index is 13.3. The number of hydrogen-bond acceptors (Lipinski definition) is 9. The molecule has 3 atom stereocenters. The van der Waals surface area contributed by atoms with E-state index in [-0.39, 0.29) is 12.5 Å². The van der Waals surface area contributed by atoms with Crippen LogP contribution in [0.3, 0.4) is 0 Å². The minimum atomic E-state index is -3.45. The van der Waals surface area contributed by atoms with Crippen molar-refractivity contribution in [2.75, 3.05) is 20.0 Å². The minimum Gasteiger partial charge on any atom is -0.382 e. The number of benzene rings is 1. The first-order valence-electron chi connectivity index (χ1n) is 12.8. The van der Waals surface area contributed by atoms with Gasteiger partial charge >= 0.3 is 0 Å². The zero-order valence-corrected chi connectivity index (χ0v) is 25.1. The highest BCUT2D eigenvalue weighted by Crippen LogP contribution is 2.13. The van der Waals surface area contributed by atoms with Gasteiger partial charge in [-0.25, -0.2) is 13.4 Å². The molecule has 0 aliphatic carbocycles. The summed E-state index contributed by atoms with van der Waals surface area (Å²) < 4.78 is 28.7. The van der Waals surface area contributed by atoms with Gasteiger partial charge < -0.3 is 26.4 Å². The average molecular weight is 594 g/mol. The minimum absolute atomic E-state index is 0.0742. The summed E-state index contributed by atoms with van der Waals surface area (Å²) in [5, 5.41) is 9.99. The van der Waals surface area contributed by atoms with Gasteiger partial charge in [-0.3, -0.25) is 14.4 Å². The van der Waals surface area contributed by atoms with Gasteiger partial charge in [0.15, 0.2) is 9.84 Å². The van der Waals surface area contributed by atoms with Gasteiger partial charge in [-0.15, -0.1) is 11.3 Å². The van der Waals surface area contributed by atoms with Crippen molar-refractivity contribution in [3.05, 3.63) is 63.0 Å². The second-order valence-corrected chi connectivity index (χ2v) is 13.1. The van der Waals surface area contributed by atoms with Crippen molar-refractivity contribution < 1.29 is 27.5 Å². The SMILES string of the molecule is COC[C@H](NC(=O)[C@H](CC(C)C)NC(=O)c1cnc(C)s1)C(=O)N[C@H](C=CS(C)(=O)=O)Cc1ccc(CN)cc1. The van der Waals surface area contributed by atoms with Crippen molar-refractivity contribution in [1.82, 2.24) is 20.9 Å². The third-order valence-electron chi connectivity index (χ3n) is 5.74. The maximum Gasteiger partial charge on any atom is 0.263 e. The van der Waals surface area contributed by atoms with Crippen LogP contribution in [0.15, 0.2) is 41.9 Å². The Morgan fingerprint density at radius 1 is 1.05 bits per heavy atom. The van der Waals surface area contributed by atoms with Gasteiger partial charge in [-0.05, 0) is 36.8 Å². The first-order chi connectivity index (χ1) is 18.8. The van der Waals surface area contributed by atoms with Crippen LogP contribution in [0.25, 0.3) is 0 Å². The average Bonchev–Trinajstić information content (AvgIpc) is 3.32. The molecule has 3 amide bonds. The van der Waals surface area contributed by atoms with E-state index in [2.05, 4.69) is 20.9 Å². The molecule has 0 spiro atoms. The van der Waals surface area contributed by atoms with Crippen molar-refractivity contribution in [2.24, 2.45) is 11.7 Å². The van der Waals surface area contributed by atoms with Gasteiger partial charge in [0.05, 0.1) is 23.9 Å². The Labute approximate surface area is 239 Å². The van der Waals surface area contributed by atoms with Crippen LogP contribution in [0.1, 0.15) is 46.1 Å². The lowest BCUT2D eigenvalue weighted by Gasteiger charge is -2.25. The Kier molecular flexibility index (Phi) is 12.9. The number of ether oxygens (including phenoxy) is 1. The largest absolute Gasteiger partial charge is 0.382 e. The molecule has 220 valence electrons. The number of rotatable bonds is 15. The number of sulfone groups is 1. The Hall–Kier alpha value is -3.13. The number of hydrogen-bond donors (Lipinski definition) is 4. The summed E-state index contributed by atoms with van der Waals surface area (Å²) in [5.41, 5.74) is 7.45. The smallest absolute Gasteiger partial charge is 0.263 e. The van der Waals surface area contributed by atoms with Gasteiger partial charge in [-0.2, -0.15) is 0 Å². The molecule has 0 radical (unpaired) electrons. The second-order valence-electron chi connectivity index (χ2n) is 9.91. The molecule has 5 N–H and O–H groups in total. The molecule has 1 aromatic carbocycles. The molecular weight excluding hydrogens is 554 g/mol. The fraction of sp³-hybridized carbons (Fsp3) is 0.481. The molecule has 0 fully saturated rings. The number of nitrogens with one attached hydrogen (secondary N) is 3. The lowest BCUT2D eigenvalue weighted by Crippen LogP contribution is -2.56. The molecule has 0 aliphatic rings. The van der Waals surface area contributed by atoms with E-state index in [1.165, 1.54) is 30.7 Å². The lowest BCUT2D eigenvalue weighted by molar-refractivity contribution is -0.131. The number of nitrogens with zero attached hydrogens (tertiary/aromatic N) is 1. The second kappa shape index (κ2) is 15.6. The Balaban J connectivity index is 2.20. The van der Waals surface area contributed by atoms with E-state index in [0.29, 0.717) is 24.3 Å². The fourth-order valence-electron chi connectivity index (χ4n) is 3.77. The Bertz CT molecular complexity index is 1270. The van der Waals surface area contributed by atoms with Gasteiger partial charge in [0.1, 0.15) is 17.0 Å². The van der Waals surface area contributed by atoms with E-state index in [9.17, 15) is 22.8 Å². The van der Waals surface area contributed by atoms with E-state index in [1.807, 2.05) is 38.1 Å². The highest BCUT2D eigenvalue weighted by molar-refractivity contribution is 7.93. The molecule has 2 aromatic rings. The highest BCUT2D eigenvalue weighted by atomic mass is 32.2. The molecule has 1 aromatic heterocycles. The van der Waals surface area contributed by atoms with Crippen LogP contribution in [0.4, 0.5) is 0 Å². The van der Waals surface area contributed by atoms with E-state index in [4.69, 9.17) is 10.5 Å². The molecule has 40 heavy (non-hydrogen) atoms. The molecule has 11 nitrogen and oxygen atoms in total. The molecule has 0 bridgehead atoms. The highest BCUT2D eigenvalue weighted by Gasteiger charge is 2.29. The van der Waals surface area contributed by atoms with Gasteiger partial charge in [-0.1, -0.05) is 44.2 Å². The van der Waals surface area contributed by atoms with Crippen molar-refractivity contribution >= 4 is 38.9 Å². The number of aromatic nitrogens is 1. The summed E-state index contributed by atoms with van der Waals surface area (Å²) >= 11 is 1.22. The fourth-order valence-corrected chi connectivity index (χ4v) is 4.93. The van der Waals surface area contributed by atoms with Crippen LogP contribution in [0.5, 0.6) is 0 Å². The van der Waals surface area contributed by atoms with Crippen LogP contribution < -0.4 is 21.7 Å². The first-order valence-corrected chi connectivity index (χ1v) is 15.6. The quantitative estimate of drug-likeness (QED) is 0.241. The predicted octanol–water partition coefficient (Wildman–Crippen LogP) is 1.47. The number of aryl methyl sites for hydroxylation is 1.